The van der Waals surface area contributed by atoms with Crippen LogP contribution in [0.1, 0.15) is 17.5 Å². The average molecular weight is 416 g/mol. The first-order valence-corrected chi connectivity index (χ1v) is 9.60. The molecule has 0 radical (unpaired) electrons. The van der Waals surface area contributed by atoms with Crippen LogP contribution in [0.15, 0.2) is 36.7 Å². The third-order valence-corrected chi connectivity index (χ3v) is 5.86. The molecule has 8 nitrogen and oxygen atoms in total. The van der Waals surface area contributed by atoms with Crippen LogP contribution >= 0.6 is 0 Å². The van der Waals surface area contributed by atoms with Crippen LogP contribution < -0.4 is 5.32 Å². The van der Waals surface area contributed by atoms with E-state index in [0.29, 0.717) is 5.65 Å². The molecule has 0 saturated carbocycles. The van der Waals surface area contributed by atoms with Gasteiger partial charge in [-0.25, -0.2) is 18.6 Å². The standard InChI is InChI=1S/C20H22F2N6O2/c1-13-4-2-3-5-14(13)8-19(6-7-28(18(29)30)12-20(19,21)22)11-24-17-23-9-15-10-25-27-16(15)26-17/h2-5,9-10H,6-8,11-12H2,1H3,(H,29,30)(H2,23,24,25,26,27). The summed E-state index contributed by atoms with van der Waals surface area (Å²) >= 11 is 0. The summed E-state index contributed by atoms with van der Waals surface area (Å²) in [5.74, 6) is -3.02. The predicted molar refractivity (Wildman–Crippen MR) is 107 cm³/mol. The van der Waals surface area contributed by atoms with Crippen LogP contribution in [0.5, 0.6) is 0 Å². The fourth-order valence-electron chi connectivity index (χ4n) is 3.92. The Kier molecular flexibility index (Phi) is 5.00. The van der Waals surface area contributed by atoms with Crippen molar-refractivity contribution in [2.45, 2.75) is 25.7 Å². The first kappa shape index (κ1) is 20.0. The Morgan fingerprint density at radius 3 is 2.87 bits per heavy atom. The molecule has 1 aliphatic heterocycles. The van der Waals surface area contributed by atoms with Gasteiger partial charge in [-0.05, 0) is 30.9 Å². The second-order valence-corrected chi connectivity index (χ2v) is 7.76. The van der Waals surface area contributed by atoms with Crippen molar-refractivity contribution in [1.29, 1.82) is 0 Å². The molecule has 0 bridgehead atoms. The lowest BCUT2D eigenvalue weighted by atomic mass is 9.70. The molecular weight excluding hydrogens is 394 g/mol. The maximum atomic E-state index is 15.5. The van der Waals surface area contributed by atoms with E-state index in [9.17, 15) is 9.90 Å². The highest BCUT2D eigenvalue weighted by atomic mass is 19.3. The molecule has 1 amide bonds. The molecule has 2 aromatic heterocycles. The Bertz CT molecular complexity index is 1070. The SMILES string of the molecule is Cc1ccccc1CC1(CNc2ncc3cn[nH]c3n2)CCN(C(=O)O)CC1(F)F. The number of rotatable bonds is 5. The van der Waals surface area contributed by atoms with Crippen LogP contribution in [0.3, 0.4) is 0 Å². The fourth-order valence-corrected chi connectivity index (χ4v) is 3.92. The zero-order valence-electron chi connectivity index (χ0n) is 16.4. The Balaban J connectivity index is 1.64. The lowest BCUT2D eigenvalue weighted by Gasteiger charge is -2.47. The fraction of sp³-hybridized carbons (Fsp3) is 0.400. The molecule has 10 heteroatoms. The first-order valence-electron chi connectivity index (χ1n) is 9.60. The second-order valence-electron chi connectivity index (χ2n) is 7.76. The monoisotopic (exact) mass is 416 g/mol. The Morgan fingerprint density at radius 2 is 2.13 bits per heavy atom. The van der Waals surface area contributed by atoms with Crippen molar-refractivity contribution >= 4 is 23.1 Å². The minimum Gasteiger partial charge on any atom is -0.465 e. The number of carbonyl (C=O) groups is 1. The molecule has 3 heterocycles. The molecule has 0 aliphatic carbocycles. The Labute approximate surface area is 171 Å². The number of nitrogens with one attached hydrogen (secondary N) is 2. The number of nitrogens with zero attached hydrogens (tertiary/aromatic N) is 4. The minimum absolute atomic E-state index is 0.0138. The second kappa shape index (κ2) is 7.51. The lowest BCUT2D eigenvalue weighted by molar-refractivity contribution is -0.157. The third kappa shape index (κ3) is 3.64. The number of likely N-dealkylation sites (tertiary alicyclic amines) is 1. The van der Waals surface area contributed by atoms with Crippen LogP contribution in [-0.2, 0) is 6.42 Å². The van der Waals surface area contributed by atoms with Crippen LogP contribution in [0.4, 0.5) is 19.5 Å². The third-order valence-electron chi connectivity index (χ3n) is 5.86. The van der Waals surface area contributed by atoms with E-state index in [4.69, 9.17) is 0 Å². The predicted octanol–water partition coefficient (Wildman–Crippen LogP) is 3.32. The van der Waals surface area contributed by atoms with E-state index in [2.05, 4.69) is 25.5 Å². The molecule has 4 rings (SSSR count). The van der Waals surface area contributed by atoms with Crippen LogP contribution in [0.25, 0.3) is 11.0 Å². The number of amides is 1. The highest BCUT2D eigenvalue weighted by molar-refractivity contribution is 5.73. The molecule has 1 aliphatic rings. The molecule has 0 spiro atoms. The van der Waals surface area contributed by atoms with Gasteiger partial charge in [0.2, 0.25) is 5.95 Å². The van der Waals surface area contributed by atoms with Crippen molar-refractivity contribution in [3.63, 3.8) is 0 Å². The summed E-state index contributed by atoms with van der Waals surface area (Å²) in [6.07, 6.45) is 1.93. The van der Waals surface area contributed by atoms with Gasteiger partial charge in [0.05, 0.1) is 23.5 Å². The zero-order chi connectivity index (χ0) is 21.4. The van der Waals surface area contributed by atoms with E-state index in [0.717, 1.165) is 21.4 Å². The summed E-state index contributed by atoms with van der Waals surface area (Å²) < 4.78 is 30.9. The number of carboxylic acid groups (broad SMARTS) is 1. The van der Waals surface area contributed by atoms with Gasteiger partial charge < -0.3 is 15.3 Å². The van der Waals surface area contributed by atoms with Crippen LogP contribution in [-0.4, -0.2) is 61.8 Å². The molecule has 1 aromatic carbocycles. The number of piperidine rings is 1. The molecule has 3 aromatic rings. The summed E-state index contributed by atoms with van der Waals surface area (Å²) in [6, 6.07) is 7.41. The molecule has 1 atom stereocenters. The maximum absolute atomic E-state index is 15.5. The van der Waals surface area contributed by atoms with Crippen molar-refractivity contribution in [3.05, 3.63) is 47.8 Å². The number of H-pyrrole nitrogens is 1. The molecular formula is C20H22F2N6O2. The van der Waals surface area contributed by atoms with Gasteiger partial charge in [0.1, 0.15) is 0 Å². The van der Waals surface area contributed by atoms with Gasteiger partial charge in [0, 0.05) is 19.3 Å². The van der Waals surface area contributed by atoms with Gasteiger partial charge in [-0.2, -0.15) is 10.1 Å². The van der Waals surface area contributed by atoms with Crippen molar-refractivity contribution in [3.8, 4) is 0 Å². The molecule has 1 unspecified atom stereocenters. The summed E-state index contributed by atoms with van der Waals surface area (Å²) in [6.45, 7) is 0.993. The number of halogens is 2. The smallest absolute Gasteiger partial charge is 0.407 e. The van der Waals surface area contributed by atoms with Crippen LogP contribution in [0, 0.1) is 12.3 Å². The van der Waals surface area contributed by atoms with Crippen molar-refractivity contribution < 1.29 is 18.7 Å². The Hall–Kier alpha value is -3.30. The van der Waals surface area contributed by atoms with Crippen molar-refractivity contribution in [1.82, 2.24) is 25.1 Å². The quantitative estimate of drug-likeness (QED) is 0.589. The summed E-state index contributed by atoms with van der Waals surface area (Å²) in [4.78, 5) is 20.5. The van der Waals surface area contributed by atoms with Gasteiger partial charge in [0.25, 0.3) is 5.92 Å². The highest BCUT2D eigenvalue weighted by Gasteiger charge is 2.57. The van der Waals surface area contributed by atoms with Gasteiger partial charge >= 0.3 is 6.09 Å². The average Bonchev–Trinajstić information content (AvgIpc) is 3.17. The van der Waals surface area contributed by atoms with Crippen LogP contribution in [0.2, 0.25) is 0 Å². The van der Waals surface area contributed by atoms with Crippen molar-refractivity contribution in [2.24, 2.45) is 5.41 Å². The number of hydrogen-bond donors (Lipinski definition) is 3. The molecule has 1 fully saturated rings. The van der Waals surface area contributed by atoms with E-state index < -0.39 is 24.0 Å². The van der Waals surface area contributed by atoms with Gasteiger partial charge in [-0.15, -0.1) is 0 Å². The topological polar surface area (TPSA) is 107 Å². The van der Waals surface area contributed by atoms with Crippen molar-refractivity contribution in [2.75, 3.05) is 25.0 Å². The molecule has 30 heavy (non-hydrogen) atoms. The lowest BCUT2D eigenvalue weighted by Crippen LogP contribution is -2.60. The van der Waals surface area contributed by atoms with Gasteiger partial charge in [-0.1, -0.05) is 24.3 Å². The Morgan fingerprint density at radius 1 is 1.33 bits per heavy atom. The summed E-state index contributed by atoms with van der Waals surface area (Å²) in [7, 11) is 0. The number of aryl methyl sites for hydroxylation is 1. The number of hydrogen-bond acceptors (Lipinski definition) is 5. The largest absolute Gasteiger partial charge is 0.465 e. The normalized spacial score (nSPS) is 21.0. The molecule has 3 N–H and O–H groups in total. The maximum Gasteiger partial charge on any atom is 0.407 e. The minimum atomic E-state index is -3.24. The van der Waals surface area contributed by atoms with E-state index in [1.165, 1.54) is 0 Å². The summed E-state index contributed by atoms with van der Waals surface area (Å²) in [5.41, 5.74) is 0.751. The highest BCUT2D eigenvalue weighted by Crippen LogP contribution is 2.46. The molecule has 158 valence electrons. The van der Waals surface area contributed by atoms with E-state index in [-0.39, 0.29) is 31.9 Å². The van der Waals surface area contributed by atoms with E-state index in [1.807, 2.05) is 31.2 Å². The van der Waals surface area contributed by atoms with Gasteiger partial charge in [-0.3, -0.25) is 5.10 Å². The van der Waals surface area contributed by atoms with E-state index >= 15 is 8.78 Å². The molecule has 1 saturated heterocycles. The zero-order valence-corrected chi connectivity index (χ0v) is 16.4. The number of benzene rings is 1. The van der Waals surface area contributed by atoms with E-state index in [1.54, 1.807) is 12.4 Å². The summed E-state index contributed by atoms with van der Waals surface area (Å²) in [5, 5.41) is 19.5. The number of anilines is 1. The van der Waals surface area contributed by atoms with Gasteiger partial charge in [0.15, 0.2) is 5.65 Å². The first-order chi connectivity index (χ1) is 14.3. The number of alkyl halides is 2. The number of aromatic nitrogens is 4. The number of aromatic amines is 1. The number of fused-ring (bicyclic) bond motifs is 1.